The highest BCUT2D eigenvalue weighted by Crippen LogP contribution is 2.13. The molecule has 0 aliphatic heterocycles. The first kappa shape index (κ1) is 15.0. The van der Waals surface area contributed by atoms with Crippen LogP contribution in [0.25, 0.3) is 5.69 Å². The number of esters is 1. The van der Waals surface area contributed by atoms with E-state index in [1.165, 1.54) is 7.11 Å². The van der Waals surface area contributed by atoms with Gasteiger partial charge >= 0.3 is 5.97 Å². The second kappa shape index (κ2) is 6.87. The molecule has 112 valence electrons. The fourth-order valence-corrected chi connectivity index (χ4v) is 1.71. The molecule has 0 saturated carbocycles. The molecule has 1 aromatic carbocycles. The van der Waals surface area contributed by atoms with E-state index >= 15 is 0 Å². The van der Waals surface area contributed by atoms with Crippen molar-refractivity contribution < 1.29 is 19.7 Å². The van der Waals surface area contributed by atoms with Gasteiger partial charge in [-0.25, -0.2) is 9.48 Å². The molecule has 1 unspecified atom stereocenters. The maximum atomic E-state index is 11.3. The Labute approximate surface area is 121 Å². The van der Waals surface area contributed by atoms with Crippen molar-refractivity contribution >= 4 is 11.7 Å². The number of ether oxygens (including phenoxy) is 1. The molecule has 7 heteroatoms. The van der Waals surface area contributed by atoms with Crippen LogP contribution in [0.4, 0.5) is 5.69 Å². The van der Waals surface area contributed by atoms with E-state index in [0.29, 0.717) is 0 Å². The van der Waals surface area contributed by atoms with Crippen LogP contribution in [0, 0.1) is 0 Å². The largest absolute Gasteiger partial charge is 0.464 e. The predicted octanol–water partition coefficient (Wildman–Crippen LogP) is 0.424. The average Bonchev–Trinajstić information content (AvgIpc) is 3.02. The number of hydrogen-bond donors (Lipinski definition) is 3. The van der Waals surface area contributed by atoms with Crippen LogP contribution in [0.15, 0.2) is 36.5 Å². The Hall–Kier alpha value is -2.38. The van der Waals surface area contributed by atoms with Crippen molar-refractivity contribution in [1.29, 1.82) is 0 Å². The van der Waals surface area contributed by atoms with E-state index in [9.17, 15) is 9.90 Å². The van der Waals surface area contributed by atoms with E-state index in [1.54, 1.807) is 16.9 Å². The molecule has 0 spiro atoms. The molecule has 0 aliphatic carbocycles. The Morgan fingerprint density at radius 1 is 1.38 bits per heavy atom. The fourth-order valence-electron chi connectivity index (χ4n) is 1.71. The van der Waals surface area contributed by atoms with Gasteiger partial charge in [-0.1, -0.05) is 0 Å². The zero-order valence-corrected chi connectivity index (χ0v) is 11.6. The summed E-state index contributed by atoms with van der Waals surface area (Å²) in [6.45, 7) is -0.0151. The van der Waals surface area contributed by atoms with Crippen molar-refractivity contribution in [3.05, 3.63) is 42.2 Å². The molecule has 0 amide bonds. The summed E-state index contributed by atoms with van der Waals surface area (Å²) in [5.74, 6) is -0.481. The molecule has 0 radical (unpaired) electrons. The van der Waals surface area contributed by atoms with Crippen LogP contribution in [0.1, 0.15) is 10.5 Å². The predicted molar refractivity (Wildman–Crippen MR) is 76.5 cm³/mol. The molecule has 2 aromatic rings. The second-order valence-electron chi connectivity index (χ2n) is 4.40. The fraction of sp³-hybridized carbons (Fsp3) is 0.286. The third-order valence-electron chi connectivity index (χ3n) is 2.87. The minimum absolute atomic E-state index is 0.241. The maximum absolute atomic E-state index is 11.3. The van der Waals surface area contributed by atoms with Crippen LogP contribution >= 0.6 is 0 Å². The van der Waals surface area contributed by atoms with Crippen molar-refractivity contribution in [2.45, 2.75) is 6.10 Å². The van der Waals surface area contributed by atoms with Gasteiger partial charge in [-0.3, -0.25) is 0 Å². The van der Waals surface area contributed by atoms with Crippen molar-refractivity contribution in [1.82, 2.24) is 9.78 Å². The lowest BCUT2D eigenvalue weighted by Gasteiger charge is -2.10. The molecule has 2 rings (SSSR count). The summed E-state index contributed by atoms with van der Waals surface area (Å²) >= 11 is 0. The van der Waals surface area contributed by atoms with Gasteiger partial charge in [0.2, 0.25) is 0 Å². The zero-order valence-electron chi connectivity index (χ0n) is 11.6. The monoisotopic (exact) mass is 291 g/mol. The first-order valence-corrected chi connectivity index (χ1v) is 6.41. The number of rotatable bonds is 6. The van der Waals surface area contributed by atoms with Crippen LogP contribution in [0.3, 0.4) is 0 Å². The molecule has 1 heterocycles. The SMILES string of the molecule is COC(=O)c1ccn(-c2ccc(NCC(O)CO)cc2)n1. The molecule has 0 aliphatic rings. The first-order valence-electron chi connectivity index (χ1n) is 6.41. The molecule has 21 heavy (non-hydrogen) atoms. The van der Waals surface area contributed by atoms with Gasteiger partial charge in [-0.15, -0.1) is 0 Å². The normalized spacial score (nSPS) is 12.0. The summed E-state index contributed by atoms with van der Waals surface area (Å²) < 4.78 is 6.17. The van der Waals surface area contributed by atoms with Crippen LogP contribution in [0.5, 0.6) is 0 Å². The van der Waals surface area contributed by atoms with Crippen LogP contribution < -0.4 is 5.32 Å². The topological polar surface area (TPSA) is 96.6 Å². The molecule has 3 N–H and O–H groups in total. The number of aromatic nitrogens is 2. The molecule has 0 saturated heterocycles. The van der Waals surface area contributed by atoms with Gasteiger partial charge in [0.05, 0.1) is 25.5 Å². The lowest BCUT2D eigenvalue weighted by atomic mass is 10.2. The summed E-state index contributed by atoms with van der Waals surface area (Å²) in [5.41, 5.74) is 1.84. The minimum Gasteiger partial charge on any atom is -0.464 e. The number of nitrogens with zero attached hydrogens (tertiary/aromatic N) is 2. The molecular formula is C14H17N3O4. The van der Waals surface area contributed by atoms with Crippen molar-refractivity contribution in [2.24, 2.45) is 0 Å². The van der Waals surface area contributed by atoms with Crippen molar-refractivity contribution in [2.75, 3.05) is 25.6 Å². The lowest BCUT2D eigenvalue weighted by molar-refractivity contribution is 0.0593. The molecular weight excluding hydrogens is 274 g/mol. The van der Waals surface area contributed by atoms with Gasteiger partial charge in [-0.05, 0) is 30.3 Å². The van der Waals surface area contributed by atoms with E-state index in [2.05, 4.69) is 15.2 Å². The van der Waals surface area contributed by atoms with E-state index in [0.717, 1.165) is 11.4 Å². The van der Waals surface area contributed by atoms with Crippen LogP contribution in [-0.2, 0) is 4.74 Å². The Kier molecular flexibility index (Phi) is 4.91. The van der Waals surface area contributed by atoms with E-state index in [-0.39, 0.29) is 18.8 Å². The quantitative estimate of drug-likeness (QED) is 0.668. The molecule has 0 bridgehead atoms. The number of carbonyl (C=O) groups is 1. The van der Waals surface area contributed by atoms with Gasteiger partial charge in [0.15, 0.2) is 5.69 Å². The number of anilines is 1. The van der Waals surface area contributed by atoms with Gasteiger partial charge in [0, 0.05) is 18.4 Å². The maximum Gasteiger partial charge on any atom is 0.358 e. The van der Waals surface area contributed by atoms with Crippen molar-refractivity contribution in [3.63, 3.8) is 0 Å². The summed E-state index contributed by atoms with van der Waals surface area (Å²) in [5, 5.41) is 25.1. The highest BCUT2D eigenvalue weighted by Gasteiger charge is 2.09. The number of hydrogen-bond acceptors (Lipinski definition) is 6. The summed E-state index contributed by atoms with van der Waals surface area (Å²) in [6.07, 6.45) is 0.878. The number of carbonyl (C=O) groups excluding carboxylic acids is 1. The number of nitrogens with one attached hydrogen (secondary N) is 1. The average molecular weight is 291 g/mol. The number of aliphatic hydroxyl groups is 2. The smallest absolute Gasteiger partial charge is 0.358 e. The second-order valence-corrected chi connectivity index (χ2v) is 4.40. The lowest BCUT2D eigenvalue weighted by Crippen LogP contribution is -2.22. The Balaban J connectivity index is 2.05. The van der Waals surface area contributed by atoms with Gasteiger partial charge in [0.25, 0.3) is 0 Å². The number of aliphatic hydroxyl groups excluding tert-OH is 2. The van der Waals surface area contributed by atoms with Crippen molar-refractivity contribution in [3.8, 4) is 5.69 Å². The summed E-state index contributed by atoms with van der Waals surface area (Å²) in [4.78, 5) is 11.3. The van der Waals surface area contributed by atoms with Crippen LogP contribution in [0.2, 0.25) is 0 Å². The molecule has 0 fully saturated rings. The minimum atomic E-state index is -0.793. The third-order valence-corrected chi connectivity index (χ3v) is 2.87. The van der Waals surface area contributed by atoms with Crippen LogP contribution in [-0.4, -0.2) is 52.3 Å². The standard InChI is InChI=1S/C14H17N3O4/c1-21-14(20)13-6-7-17(16-13)11-4-2-10(3-5-11)15-8-12(19)9-18/h2-7,12,15,18-19H,8-9H2,1H3. The van der Waals surface area contributed by atoms with E-state index < -0.39 is 12.1 Å². The zero-order chi connectivity index (χ0) is 15.2. The third kappa shape index (κ3) is 3.80. The Morgan fingerprint density at radius 2 is 2.10 bits per heavy atom. The number of methoxy groups -OCH3 is 1. The molecule has 7 nitrogen and oxygen atoms in total. The highest BCUT2D eigenvalue weighted by molar-refractivity contribution is 5.86. The summed E-state index contributed by atoms with van der Waals surface area (Å²) in [7, 11) is 1.31. The number of benzene rings is 1. The molecule has 1 aromatic heterocycles. The summed E-state index contributed by atoms with van der Waals surface area (Å²) in [6, 6.07) is 8.86. The first-order chi connectivity index (χ1) is 10.1. The van der Waals surface area contributed by atoms with Gasteiger partial charge in [0.1, 0.15) is 0 Å². The van der Waals surface area contributed by atoms with E-state index in [4.69, 9.17) is 5.11 Å². The Morgan fingerprint density at radius 3 is 2.71 bits per heavy atom. The highest BCUT2D eigenvalue weighted by atomic mass is 16.5. The van der Waals surface area contributed by atoms with E-state index in [1.807, 2.05) is 24.3 Å². The van der Waals surface area contributed by atoms with Gasteiger partial charge in [-0.2, -0.15) is 5.10 Å². The Bertz CT molecular complexity index is 595. The molecule has 1 atom stereocenters. The van der Waals surface area contributed by atoms with Gasteiger partial charge < -0.3 is 20.3 Å².